The van der Waals surface area contributed by atoms with Crippen LogP contribution in [0.15, 0.2) is 47.4 Å². The van der Waals surface area contributed by atoms with Gasteiger partial charge in [-0.15, -0.1) is 0 Å². The lowest BCUT2D eigenvalue weighted by Gasteiger charge is -2.29. The molecule has 0 radical (unpaired) electrons. The summed E-state index contributed by atoms with van der Waals surface area (Å²) in [4.78, 5) is 12.9. The van der Waals surface area contributed by atoms with Crippen LogP contribution in [0.4, 0.5) is 0 Å². The molecule has 1 fully saturated rings. The van der Waals surface area contributed by atoms with E-state index in [1.54, 1.807) is 12.1 Å². The summed E-state index contributed by atoms with van der Waals surface area (Å²) >= 11 is 6.17. The number of aryl methyl sites for hydroxylation is 2. The van der Waals surface area contributed by atoms with Gasteiger partial charge in [0.25, 0.3) is 5.91 Å². The molecule has 1 heterocycles. The number of halogens is 1. The molecule has 3 rings (SSSR count). The van der Waals surface area contributed by atoms with Gasteiger partial charge < -0.3 is 5.32 Å². The molecule has 0 saturated carbocycles. The highest BCUT2D eigenvalue weighted by atomic mass is 35.5. The summed E-state index contributed by atoms with van der Waals surface area (Å²) in [7, 11) is -3.59. The van der Waals surface area contributed by atoms with E-state index in [9.17, 15) is 13.2 Å². The van der Waals surface area contributed by atoms with Crippen LogP contribution in [-0.2, 0) is 16.4 Å². The molecule has 1 N–H and O–H groups in total. The SMILES string of the molecule is Cc1ccc(S(=O)(=O)N2CCC(C)CC2)cc1C(=O)NCCCc1ccccc1Cl. The van der Waals surface area contributed by atoms with Crippen molar-refractivity contribution in [2.45, 2.75) is 44.4 Å². The molecule has 1 amide bonds. The number of carbonyl (C=O) groups is 1. The van der Waals surface area contributed by atoms with Crippen molar-refractivity contribution in [3.63, 3.8) is 0 Å². The molecule has 30 heavy (non-hydrogen) atoms. The third kappa shape index (κ3) is 5.42. The van der Waals surface area contributed by atoms with Crippen LogP contribution >= 0.6 is 11.6 Å². The molecule has 5 nitrogen and oxygen atoms in total. The van der Waals surface area contributed by atoms with Crippen molar-refractivity contribution in [3.8, 4) is 0 Å². The predicted octanol–water partition coefficient (Wildman–Crippen LogP) is 4.43. The summed E-state index contributed by atoms with van der Waals surface area (Å²) in [5.41, 5.74) is 2.21. The first-order valence-electron chi connectivity index (χ1n) is 10.4. The summed E-state index contributed by atoms with van der Waals surface area (Å²) in [5, 5.41) is 3.63. The van der Waals surface area contributed by atoms with E-state index >= 15 is 0 Å². The molecule has 2 aromatic rings. The fourth-order valence-electron chi connectivity index (χ4n) is 3.66. The van der Waals surface area contributed by atoms with Crippen molar-refractivity contribution in [2.75, 3.05) is 19.6 Å². The molecule has 0 spiro atoms. The maximum absolute atomic E-state index is 13.0. The molecular weight excluding hydrogens is 420 g/mol. The third-order valence-corrected chi connectivity index (χ3v) is 7.96. The van der Waals surface area contributed by atoms with E-state index in [0.29, 0.717) is 31.1 Å². The van der Waals surface area contributed by atoms with Crippen molar-refractivity contribution in [1.82, 2.24) is 9.62 Å². The van der Waals surface area contributed by atoms with Gasteiger partial charge in [-0.25, -0.2) is 8.42 Å². The highest BCUT2D eigenvalue weighted by molar-refractivity contribution is 7.89. The minimum atomic E-state index is -3.59. The number of amides is 1. The first kappa shape index (κ1) is 22.8. The topological polar surface area (TPSA) is 66.5 Å². The lowest BCUT2D eigenvalue weighted by atomic mass is 10.0. The smallest absolute Gasteiger partial charge is 0.251 e. The van der Waals surface area contributed by atoms with Gasteiger partial charge in [0.15, 0.2) is 0 Å². The van der Waals surface area contributed by atoms with Crippen LogP contribution in [0.2, 0.25) is 5.02 Å². The van der Waals surface area contributed by atoms with Gasteiger partial charge >= 0.3 is 0 Å². The van der Waals surface area contributed by atoms with E-state index in [-0.39, 0.29) is 10.8 Å². The second kappa shape index (κ2) is 9.94. The Morgan fingerprint density at radius 1 is 1.17 bits per heavy atom. The summed E-state index contributed by atoms with van der Waals surface area (Å²) < 4.78 is 27.6. The Morgan fingerprint density at radius 3 is 2.57 bits per heavy atom. The zero-order valence-corrected chi connectivity index (χ0v) is 19.1. The van der Waals surface area contributed by atoms with Gasteiger partial charge in [-0.2, -0.15) is 4.31 Å². The Hall–Kier alpha value is -1.89. The highest BCUT2D eigenvalue weighted by Crippen LogP contribution is 2.25. The largest absolute Gasteiger partial charge is 0.352 e. The number of nitrogens with one attached hydrogen (secondary N) is 1. The third-order valence-electron chi connectivity index (χ3n) is 5.70. The fraction of sp³-hybridized carbons (Fsp3) is 0.435. The van der Waals surface area contributed by atoms with E-state index in [1.165, 1.54) is 10.4 Å². The van der Waals surface area contributed by atoms with Crippen molar-refractivity contribution < 1.29 is 13.2 Å². The molecule has 1 aliphatic heterocycles. The number of piperidine rings is 1. The lowest BCUT2D eigenvalue weighted by molar-refractivity contribution is 0.0952. The summed E-state index contributed by atoms with van der Waals surface area (Å²) in [6.45, 7) is 5.51. The van der Waals surface area contributed by atoms with Gasteiger partial charge in [0.1, 0.15) is 0 Å². The Balaban J connectivity index is 1.64. The molecule has 1 aliphatic rings. The fourth-order valence-corrected chi connectivity index (χ4v) is 5.38. The van der Waals surface area contributed by atoms with E-state index in [4.69, 9.17) is 11.6 Å². The number of hydrogen-bond acceptors (Lipinski definition) is 3. The van der Waals surface area contributed by atoms with Gasteiger partial charge in [0.05, 0.1) is 4.90 Å². The average Bonchev–Trinajstić information content (AvgIpc) is 2.72. The van der Waals surface area contributed by atoms with Gasteiger partial charge in [0.2, 0.25) is 10.0 Å². The van der Waals surface area contributed by atoms with Gasteiger partial charge in [-0.05, 0) is 67.9 Å². The predicted molar refractivity (Wildman–Crippen MR) is 120 cm³/mol. The van der Waals surface area contributed by atoms with E-state index in [2.05, 4.69) is 12.2 Å². The van der Waals surface area contributed by atoms with Crippen LogP contribution in [0, 0.1) is 12.8 Å². The highest BCUT2D eigenvalue weighted by Gasteiger charge is 2.28. The van der Waals surface area contributed by atoms with Crippen LogP contribution < -0.4 is 5.32 Å². The van der Waals surface area contributed by atoms with E-state index < -0.39 is 10.0 Å². The van der Waals surface area contributed by atoms with Gasteiger partial charge in [-0.1, -0.05) is 42.8 Å². The van der Waals surface area contributed by atoms with Crippen LogP contribution in [0.3, 0.4) is 0 Å². The maximum atomic E-state index is 13.0. The Kier molecular flexibility index (Phi) is 7.55. The van der Waals surface area contributed by atoms with Crippen molar-refractivity contribution >= 4 is 27.5 Å². The minimum absolute atomic E-state index is 0.184. The van der Waals surface area contributed by atoms with Crippen LogP contribution in [0.1, 0.15) is 47.7 Å². The molecule has 0 atom stereocenters. The number of hydrogen-bond donors (Lipinski definition) is 1. The number of benzene rings is 2. The zero-order valence-electron chi connectivity index (χ0n) is 17.5. The number of nitrogens with zero attached hydrogens (tertiary/aromatic N) is 1. The van der Waals surface area contributed by atoms with Crippen molar-refractivity contribution in [2.24, 2.45) is 5.92 Å². The summed E-state index contributed by atoms with van der Waals surface area (Å²) in [5.74, 6) is 0.289. The first-order chi connectivity index (χ1) is 14.3. The molecule has 2 aromatic carbocycles. The molecule has 1 saturated heterocycles. The van der Waals surface area contributed by atoms with Crippen LogP contribution in [-0.4, -0.2) is 38.3 Å². The monoisotopic (exact) mass is 448 g/mol. The number of sulfonamides is 1. The summed E-state index contributed by atoms with van der Waals surface area (Å²) in [6.07, 6.45) is 3.24. The van der Waals surface area contributed by atoms with Crippen molar-refractivity contribution in [1.29, 1.82) is 0 Å². The molecule has 0 aromatic heterocycles. The molecule has 7 heteroatoms. The van der Waals surface area contributed by atoms with Crippen molar-refractivity contribution in [3.05, 3.63) is 64.2 Å². The molecule has 0 aliphatic carbocycles. The van der Waals surface area contributed by atoms with Crippen LogP contribution in [0.25, 0.3) is 0 Å². The van der Waals surface area contributed by atoms with Crippen LogP contribution in [0.5, 0.6) is 0 Å². The number of carbonyl (C=O) groups excluding carboxylic acids is 1. The molecule has 162 valence electrons. The normalized spacial score (nSPS) is 15.8. The van der Waals surface area contributed by atoms with E-state index in [1.807, 2.05) is 31.2 Å². The first-order valence-corrected chi connectivity index (χ1v) is 12.2. The molecule has 0 bridgehead atoms. The zero-order chi connectivity index (χ0) is 21.7. The lowest BCUT2D eigenvalue weighted by Crippen LogP contribution is -2.38. The molecular formula is C23H29ClN2O3S. The van der Waals surface area contributed by atoms with E-state index in [0.717, 1.165) is 41.8 Å². The quantitative estimate of drug-likeness (QED) is 0.637. The summed E-state index contributed by atoms with van der Waals surface area (Å²) in [6, 6.07) is 12.5. The Bertz CT molecular complexity index is 999. The minimum Gasteiger partial charge on any atom is -0.352 e. The Labute approximate surface area is 184 Å². The standard InChI is InChI=1S/C23H29ClN2O3S/c1-17-11-14-26(15-12-17)30(28,29)20-10-9-18(2)21(16-20)23(27)25-13-5-7-19-6-3-4-8-22(19)24/h3-4,6,8-10,16-17H,5,7,11-15H2,1-2H3,(H,25,27). The second-order valence-corrected chi connectivity index (χ2v) is 10.4. The number of rotatable bonds is 7. The Morgan fingerprint density at radius 2 is 1.87 bits per heavy atom. The van der Waals surface area contributed by atoms with Gasteiger partial charge in [-0.3, -0.25) is 4.79 Å². The molecule has 0 unspecified atom stereocenters. The maximum Gasteiger partial charge on any atom is 0.251 e. The average molecular weight is 449 g/mol. The second-order valence-electron chi connectivity index (χ2n) is 8.01. The van der Waals surface area contributed by atoms with Gasteiger partial charge in [0, 0.05) is 30.2 Å².